The van der Waals surface area contributed by atoms with Crippen LogP contribution in [0, 0.1) is 29.6 Å². The molecule has 0 saturated carbocycles. The van der Waals surface area contributed by atoms with Crippen molar-refractivity contribution in [2.24, 2.45) is 29.6 Å². The van der Waals surface area contributed by atoms with Crippen molar-refractivity contribution in [1.29, 1.82) is 0 Å². The molecule has 1 fully saturated rings. The van der Waals surface area contributed by atoms with E-state index in [4.69, 9.17) is 0 Å². The topological polar surface area (TPSA) is 20.3 Å². The Hall–Kier alpha value is -0.530. The molecule has 2 atom stereocenters. The van der Waals surface area contributed by atoms with Gasteiger partial charge in [0, 0.05) is 18.5 Å². The van der Waals surface area contributed by atoms with Gasteiger partial charge in [0.25, 0.3) is 0 Å². The number of carbonyl (C=O) groups is 1. The largest absolute Gasteiger partial charge is 0.339 e. The molecule has 0 aromatic rings. The molecule has 1 aliphatic heterocycles. The van der Waals surface area contributed by atoms with Gasteiger partial charge in [-0.15, -0.1) is 0 Å². The molecular formula is C16H31NO. The van der Waals surface area contributed by atoms with Crippen LogP contribution >= 0.6 is 0 Å². The van der Waals surface area contributed by atoms with E-state index in [1.54, 1.807) is 0 Å². The van der Waals surface area contributed by atoms with Crippen LogP contribution in [0.15, 0.2) is 0 Å². The molecule has 1 amide bonds. The summed E-state index contributed by atoms with van der Waals surface area (Å²) in [6, 6.07) is 0.451. The van der Waals surface area contributed by atoms with Crippen LogP contribution in [0.1, 0.15) is 54.9 Å². The van der Waals surface area contributed by atoms with Crippen molar-refractivity contribution in [3.05, 3.63) is 0 Å². The van der Waals surface area contributed by atoms with Crippen molar-refractivity contribution in [3.63, 3.8) is 0 Å². The number of amides is 1. The van der Waals surface area contributed by atoms with Crippen molar-refractivity contribution in [2.45, 2.75) is 60.9 Å². The summed E-state index contributed by atoms with van der Waals surface area (Å²) in [5.74, 6) is 2.65. The van der Waals surface area contributed by atoms with Crippen molar-refractivity contribution in [1.82, 2.24) is 4.90 Å². The number of likely N-dealkylation sites (tertiary alicyclic amines) is 1. The highest BCUT2D eigenvalue weighted by Gasteiger charge is 2.39. The van der Waals surface area contributed by atoms with E-state index < -0.39 is 0 Å². The summed E-state index contributed by atoms with van der Waals surface area (Å²) >= 11 is 0. The zero-order valence-electron chi connectivity index (χ0n) is 13.2. The number of carbonyl (C=O) groups excluding carboxylic acids is 1. The van der Waals surface area contributed by atoms with E-state index in [1.807, 2.05) is 0 Å². The first-order valence-corrected chi connectivity index (χ1v) is 7.56. The summed E-state index contributed by atoms with van der Waals surface area (Å²) in [5.41, 5.74) is 0. The van der Waals surface area contributed by atoms with Crippen LogP contribution < -0.4 is 0 Å². The highest BCUT2D eigenvalue weighted by molar-refractivity contribution is 5.80. The predicted molar refractivity (Wildman–Crippen MR) is 77.3 cm³/mol. The third kappa shape index (κ3) is 3.27. The Morgan fingerprint density at radius 1 is 1.06 bits per heavy atom. The van der Waals surface area contributed by atoms with Gasteiger partial charge in [-0.1, -0.05) is 48.5 Å². The molecule has 18 heavy (non-hydrogen) atoms. The average Bonchev–Trinajstić information content (AvgIpc) is 2.59. The number of hydrogen-bond donors (Lipinski definition) is 0. The third-order valence-corrected chi connectivity index (χ3v) is 4.33. The molecule has 1 aliphatic rings. The number of hydrogen-bond acceptors (Lipinski definition) is 1. The minimum Gasteiger partial charge on any atom is -0.339 e. The molecule has 0 bridgehead atoms. The average molecular weight is 253 g/mol. The lowest BCUT2D eigenvalue weighted by molar-refractivity contribution is -0.140. The Morgan fingerprint density at radius 3 is 1.94 bits per heavy atom. The lowest BCUT2D eigenvalue weighted by Gasteiger charge is -2.34. The molecule has 0 aromatic heterocycles. The normalized spacial score (nSPS) is 24.9. The molecule has 0 radical (unpaired) electrons. The number of rotatable bonds is 4. The van der Waals surface area contributed by atoms with E-state index in [9.17, 15) is 4.79 Å². The summed E-state index contributed by atoms with van der Waals surface area (Å²) < 4.78 is 0. The minimum atomic E-state index is 0.177. The molecule has 2 heteroatoms. The molecule has 0 aromatic carbocycles. The van der Waals surface area contributed by atoms with E-state index in [1.165, 1.54) is 6.42 Å². The van der Waals surface area contributed by atoms with Gasteiger partial charge in [-0.2, -0.15) is 0 Å². The van der Waals surface area contributed by atoms with Gasteiger partial charge >= 0.3 is 0 Å². The Balaban J connectivity index is 2.87. The monoisotopic (exact) mass is 253 g/mol. The molecule has 2 nitrogen and oxygen atoms in total. The first-order chi connectivity index (χ1) is 8.25. The summed E-state index contributed by atoms with van der Waals surface area (Å²) in [5, 5.41) is 0. The minimum absolute atomic E-state index is 0.177. The van der Waals surface area contributed by atoms with Gasteiger partial charge in [0.1, 0.15) is 0 Å². The zero-order chi connectivity index (χ0) is 14.0. The van der Waals surface area contributed by atoms with E-state index in [0.29, 0.717) is 35.6 Å². The Bertz CT molecular complexity index is 275. The maximum absolute atomic E-state index is 12.8. The molecule has 1 unspecified atom stereocenters. The second-order valence-electron chi connectivity index (χ2n) is 7.16. The van der Waals surface area contributed by atoms with Crippen LogP contribution in [0.3, 0.4) is 0 Å². The molecule has 1 heterocycles. The SMILES string of the molecule is CC1C[C@@H](C(C)C)N(C(=O)C(C(C)C)C(C)C)C1. The Kier molecular flexibility index (Phi) is 5.24. The summed E-state index contributed by atoms with van der Waals surface area (Å²) in [4.78, 5) is 15.0. The fourth-order valence-corrected chi connectivity index (χ4v) is 3.50. The summed E-state index contributed by atoms with van der Waals surface area (Å²) in [7, 11) is 0. The van der Waals surface area contributed by atoms with E-state index in [2.05, 4.69) is 53.4 Å². The van der Waals surface area contributed by atoms with Gasteiger partial charge in [-0.05, 0) is 30.1 Å². The highest BCUT2D eigenvalue weighted by atomic mass is 16.2. The molecule has 0 aliphatic carbocycles. The van der Waals surface area contributed by atoms with E-state index in [0.717, 1.165) is 6.54 Å². The maximum Gasteiger partial charge on any atom is 0.226 e. The smallest absolute Gasteiger partial charge is 0.226 e. The van der Waals surface area contributed by atoms with Crippen molar-refractivity contribution in [2.75, 3.05) is 6.54 Å². The molecule has 106 valence electrons. The van der Waals surface area contributed by atoms with Gasteiger partial charge in [0.05, 0.1) is 0 Å². The van der Waals surface area contributed by atoms with Gasteiger partial charge in [-0.25, -0.2) is 0 Å². The van der Waals surface area contributed by atoms with E-state index >= 15 is 0 Å². The molecule has 0 spiro atoms. The third-order valence-electron chi connectivity index (χ3n) is 4.33. The lowest BCUT2D eigenvalue weighted by atomic mass is 9.84. The molecule has 1 saturated heterocycles. The van der Waals surface area contributed by atoms with Gasteiger partial charge in [0.2, 0.25) is 5.91 Å². The first-order valence-electron chi connectivity index (χ1n) is 7.56. The first kappa shape index (κ1) is 15.5. The lowest BCUT2D eigenvalue weighted by Crippen LogP contribution is -2.44. The zero-order valence-corrected chi connectivity index (χ0v) is 13.2. The highest BCUT2D eigenvalue weighted by Crippen LogP contribution is 2.32. The standard InChI is InChI=1S/C16H31NO/c1-10(2)14-8-13(7)9-17(14)16(18)15(11(3)4)12(5)6/h10-15H,8-9H2,1-7H3/t13?,14-/m0/s1. The van der Waals surface area contributed by atoms with E-state index in [-0.39, 0.29) is 5.92 Å². The van der Waals surface area contributed by atoms with Crippen molar-refractivity contribution < 1.29 is 4.79 Å². The van der Waals surface area contributed by atoms with Crippen LogP contribution in [-0.4, -0.2) is 23.4 Å². The fraction of sp³-hybridized carbons (Fsp3) is 0.938. The molecule has 0 N–H and O–H groups in total. The van der Waals surface area contributed by atoms with Crippen molar-refractivity contribution in [3.8, 4) is 0 Å². The Labute approximate surface area is 113 Å². The van der Waals surface area contributed by atoms with Crippen LogP contribution in [0.2, 0.25) is 0 Å². The number of nitrogens with zero attached hydrogens (tertiary/aromatic N) is 1. The summed E-state index contributed by atoms with van der Waals surface area (Å²) in [6.07, 6.45) is 1.17. The van der Waals surface area contributed by atoms with Crippen molar-refractivity contribution >= 4 is 5.91 Å². The Morgan fingerprint density at radius 2 is 1.56 bits per heavy atom. The second-order valence-corrected chi connectivity index (χ2v) is 7.16. The quantitative estimate of drug-likeness (QED) is 0.746. The maximum atomic E-state index is 12.8. The summed E-state index contributed by atoms with van der Waals surface area (Å²) in [6.45, 7) is 16.4. The van der Waals surface area contributed by atoms with Gasteiger partial charge in [0.15, 0.2) is 0 Å². The van der Waals surface area contributed by atoms with Gasteiger partial charge < -0.3 is 4.90 Å². The molecular weight excluding hydrogens is 222 g/mol. The fourth-order valence-electron chi connectivity index (χ4n) is 3.50. The molecule has 1 rings (SSSR count). The van der Waals surface area contributed by atoms with Crippen LogP contribution in [0.4, 0.5) is 0 Å². The predicted octanol–water partition coefficient (Wildman–Crippen LogP) is 3.81. The van der Waals surface area contributed by atoms with Crippen LogP contribution in [0.25, 0.3) is 0 Å². The second kappa shape index (κ2) is 6.08. The van der Waals surface area contributed by atoms with Gasteiger partial charge in [-0.3, -0.25) is 4.79 Å². The van der Waals surface area contributed by atoms with Crippen LogP contribution in [0.5, 0.6) is 0 Å². The van der Waals surface area contributed by atoms with Crippen LogP contribution in [-0.2, 0) is 4.79 Å².